The topological polar surface area (TPSA) is 80.5 Å². The number of benzene rings is 1. The summed E-state index contributed by atoms with van der Waals surface area (Å²) in [5.74, 6) is -0.277. The summed E-state index contributed by atoms with van der Waals surface area (Å²) >= 11 is 10.3. The number of thioether (sulfide) groups is 1. The molecule has 1 atom stereocenters. The quantitative estimate of drug-likeness (QED) is 0.581. The lowest BCUT2D eigenvalue weighted by atomic mass is 10.2. The Labute approximate surface area is 138 Å². The molecule has 1 saturated heterocycles. The molecule has 0 aromatic heterocycles. The first-order chi connectivity index (χ1) is 9.79. The molecule has 2 rings (SSSR count). The SMILES string of the molecule is CC(=O)SC1CC(=O)N(c2c(Cl)cc(Br)cc2[N+](=O)[O-])C1. The Bertz CT molecular complexity index is 640. The van der Waals surface area contributed by atoms with Gasteiger partial charge in [-0.15, -0.1) is 0 Å². The summed E-state index contributed by atoms with van der Waals surface area (Å²) in [5.41, 5.74) is -0.155. The summed E-state index contributed by atoms with van der Waals surface area (Å²) in [5, 5.41) is 11.0. The molecule has 1 aliphatic heterocycles. The number of nitro groups is 1. The van der Waals surface area contributed by atoms with Gasteiger partial charge in [-0.25, -0.2) is 0 Å². The zero-order valence-electron chi connectivity index (χ0n) is 10.8. The Kier molecular flexibility index (Phi) is 4.90. The molecule has 21 heavy (non-hydrogen) atoms. The van der Waals surface area contributed by atoms with Crippen molar-refractivity contribution < 1.29 is 14.5 Å². The van der Waals surface area contributed by atoms with Crippen LogP contribution in [0.3, 0.4) is 0 Å². The lowest BCUT2D eigenvalue weighted by Crippen LogP contribution is -2.26. The van der Waals surface area contributed by atoms with Gasteiger partial charge in [0.15, 0.2) is 5.12 Å². The maximum Gasteiger partial charge on any atom is 0.295 e. The van der Waals surface area contributed by atoms with Crippen LogP contribution in [-0.4, -0.2) is 27.7 Å². The molecule has 1 aromatic carbocycles. The van der Waals surface area contributed by atoms with E-state index in [1.54, 1.807) is 0 Å². The predicted molar refractivity (Wildman–Crippen MR) is 84.8 cm³/mol. The van der Waals surface area contributed by atoms with Crippen LogP contribution in [0.1, 0.15) is 13.3 Å². The highest BCUT2D eigenvalue weighted by Gasteiger charge is 2.36. The normalized spacial score (nSPS) is 18.1. The number of nitrogens with zero attached hydrogens (tertiary/aromatic N) is 2. The van der Waals surface area contributed by atoms with Gasteiger partial charge in [0.05, 0.1) is 9.95 Å². The third-order valence-electron chi connectivity index (χ3n) is 2.90. The number of hydrogen-bond acceptors (Lipinski definition) is 5. The standard InChI is InChI=1S/C12H10BrClN2O4S/c1-6(17)21-8-4-11(18)15(5-8)12-9(14)2-7(13)3-10(12)16(19)20/h2-3,8H,4-5H2,1H3. The van der Waals surface area contributed by atoms with Gasteiger partial charge in [0, 0.05) is 35.7 Å². The molecule has 1 amide bonds. The maximum absolute atomic E-state index is 12.1. The van der Waals surface area contributed by atoms with E-state index in [2.05, 4.69) is 15.9 Å². The van der Waals surface area contributed by atoms with Crippen LogP contribution in [-0.2, 0) is 9.59 Å². The molecule has 1 aliphatic rings. The third kappa shape index (κ3) is 3.56. The summed E-state index contributed by atoms with van der Waals surface area (Å²) in [6, 6.07) is 2.81. The van der Waals surface area contributed by atoms with Crippen LogP contribution in [0.15, 0.2) is 16.6 Å². The smallest absolute Gasteiger partial charge is 0.295 e. The van der Waals surface area contributed by atoms with Gasteiger partial charge in [-0.05, 0) is 6.07 Å². The van der Waals surface area contributed by atoms with E-state index >= 15 is 0 Å². The average Bonchev–Trinajstić information content (AvgIpc) is 2.67. The summed E-state index contributed by atoms with van der Waals surface area (Å²) in [7, 11) is 0. The molecule has 1 fully saturated rings. The van der Waals surface area contributed by atoms with Crippen LogP contribution in [0, 0.1) is 10.1 Å². The van der Waals surface area contributed by atoms with Crippen molar-refractivity contribution in [2.24, 2.45) is 0 Å². The fourth-order valence-corrected chi connectivity index (χ4v) is 3.98. The van der Waals surface area contributed by atoms with Crippen LogP contribution in [0.4, 0.5) is 11.4 Å². The van der Waals surface area contributed by atoms with E-state index in [4.69, 9.17) is 11.6 Å². The molecular formula is C12H10BrClN2O4S. The second kappa shape index (κ2) is 6.33. The summed E-state index contributed by atoms with van der Waals surface area (Å²) in [6.45, 7) is 1.65. The van der Waals surface area contributed by atoms with Crippen molar-refractivity contribution in [3.63, 3.8) is 0 Å². The Morgan fingerprint density at radius 3 is 2.81 bits per heavy atom. The minimum atomic E-state index is -0.579. The largest absolute Gasteiger partial charge is 0.304 e. The Balaban J connectivity index is 2.40. The van der Waals surface area contributed by atoms with Crippen LogP contribution in [0.2, 0.25) is 5.02 Å². The highest BCUT2D eigenvalue weighted by Crippen LogP contribution is 2.41. The second-order valence-corrected chi connectivity index (χ2v) is 7.25. The summed E-state index contributed by atoms with van der Waals surface area (Å²) in [4.78, 5) is 35.1. The van der Waals surface area contributed by atoms with E-state index < -0.39 is 4.92 Å². The number of anilines is 1. The fraction of sp³-hybridized carbons (Fsp3) is 0.333. The van der Waals surface area contributed by atoms with Crippen LogP contribution in [0.5, 0.6) is 0 Å². The van der Waals surface area contributed by atoms with Crippen molar-refractivity contribution in [2.75, 3.05) is 11.4 Å². The first kappa shape index (κ1) is 16.3. The van der Waals surface area contributed by atoms with Crippen molar-refractivity contribution in [2.45, 2.75) is 18.6 Å². The van der Waals surface area contributed by atoms with E-state index in [-0.39, 0.29) is 45.6 Å². The molecule has 0 N–H and O–H groups in total. The van der Waals surface area contributed by atoms with Gasteiger partial charge in [0.2, 0.25) is 5.91 Å². The molecule has 0 aliphatic carbocycles. The molecule has 1 heterocycles. The lowest BCUT2D eigenvalue weighted by Gasteiger charge is -2.18. The molecular weight excluding hydrogens is 384 g/mol. The van der Waals surface area contributed by atoms with E-state index in [9.17, 15) is 19.7 Å². The Morgan fingerprint density at radius 1 is 1.57 bits per heavy atom. The molecule has 0 radical (unpaired) electrons. The van der Waals surface area contributed by atoms with Crippen LogP contribution in [0.25, 0.3) is 0 Å². The molecule has 9 heteroatoms. The van der Waals surface area contributed by atoms with Crippen molar-refractivity contribution in [3.05, 3.63) is 31.7 Å². The number of carbonyl (C=O) groups is 2. The first-order valence-electron chi connectivity index (χ1n) is 5.90. The van der Waals surface area contributed by atoms with Crippen LogP contribution < -0.4 is 4.90 Å². The van der Waals surface area contributed by atoms with E-state index in [0.29, 0.717) is 4.47 Å². The van der Waals surface area contributed by atoms with Gasteiger partial charge in [-0.2, -0.15) is 0 Å². The predicted octanol–water partition coefficient (Wildman–Crippen LogP) is 3.40. The molecule has 0 saturated carbocycles. The highest BCUT2D eigenvalue weighted by molar-refractivity contribution is 9.10. The van der Waals surface area contributed by atoms with Gasteiger partial charge >= 0.3 is 0 Å². The number of nitro benzene ring substituents is 1. The molecule has 6 nitrogen and oxygen atoms in total. The Hall–Kier alpha value is -1.12. The fourth-order valence-electron chi connectivity index (χ4n) is 2.16. The zero-order chi connectivity index (χ0) is 15.7. The van der Waals surface area contributed by atoms with E-state index in [1.165, 1.54) is 24.0 Å². The lowest BCUT2D eigenvalue weighted by molar-refractivity contribution is -0.384. The van der Waals surface area contributed by atoms with Gasteiger partial charge in [0.1, 0.15) is 5.69 Å². The number of rotatable bonds is 3. The van der Waals surface area contributed by atoms with Crippen LogP contribution >= 0.6 is 39.3 Å². The molecule has 0 spiro atoms. The maximum atomic E-state index is 12.1. The minimum absolute atomic E-state index is 0.0847. The van der Waals surface area contributed by atoms with Gasteiger partial charge in [-0.1, -0.05) is 39.3 Å². The highest BCUT2D eigenvalue weighted by atomic mass is 79.9. The molecule has 1 aromatic rings. The van der Waals surface area contributed by atoms with Crippen molar-refractivity contribution >= 4 is 61.7 Å². The summed E-state index contributed by atoms with van der Waals surface area (Å²) in [6.07, 6.45) is 0.161. The van der Waals surface area contributed by atoms with Crippen molar-refractivity contribution in [3.8, 4) is 0 Å². The number of amides is 1. The molecule has 112 valence electrons. The average molecular weight is 394 g/mol. The number of hydrogen-bond donors (Lipinski definition) is 0. The first-order valence-corrected chi connectivity index (χ1v) is 7.95. The van der Waals surface area contributed by atoms with Gasteiger partial charge in [-0.3, -0.25) is 19.7 Å². The third-order valence-corrected chi connectivity index (χ3v) is 4.62. The van der Waals surface area contributed by atoms with E-state index in [1.807, 2.05) is 0 Å². The number of halogens is 2. The Morgan fingerprint density at radius 2 is 2.24 bits per heavy atom. The monoisotopic (exact) mass is 392 g/mol. The van der Waals surface area contributed by atoms with Crippen molar-refractivity contribution in [1.29, 1.82) is 0 Å². The van der Waals surface area contributed by atoms with Gasteiger partial charge in [0.25, 0.3) is 5.69 Å². The zero-order valence-corrected chi connectivity index (χ0v) is 14.0. The van der Waals surface area contributed by atoms with Crippen molar-refractivity contribution in [1.82, 2.24) is 0 Å². The minimum Gasteiger partial charge on any atom is -0.304 e. The second-order valence-electron chi connectivity index (χ2n) is 4.45. The molecule has 0 bridgehead atoms. The number of carbonyl (C=O) groups excluding carboxylic acids is 2. The molecule has 1 unspecified atom stereocenters. The van der Waals surface area contributed by atoms with E-state index in [0.717, 1.165) is 11.8 Å². The summed E-state index contributed by atoms with van der Waals surface area (Å²) < 4.78 is 0.462. The van der Waals surface area contributed by atoms with Gasteiger partial charge < -0.3 is 4.90 Å².